The molecular weight excluding hydrogens is 502 g/mol. The largest absolute Gasteiger partial charge is 0.443 e. The number of ether oxygens (including phenoxy) is 1. The summed E-state index contributed by atoms with van der Waals surface area (Å²) in [6, 6.07) is 10.4. The summed E-state index contributed by atoms with van der Waals surface area (Å²) in [6.07, 6.45) is 7.51. The molecular formula is C31H41N7O2. The van der Waals surface area contributed by atoms with E-state index in [9.17, 15) is 4.79 Å². The number of hydrogen-bond acceptors (Lipinski definition) is 7. The first-order valence-corrected chi connectivity index (χ1v) is 14.0. The highest BCUT2D eigenvalue weighted by molar-refractivity contribution is 5.91. The summed E-state index contributed by atoms with van der Waals surface area (Å²) < 4.78 is 9.43. The van der Waals surface area contributed by atoms with Gasteiger partial charge in [0.25, 0.3) is 0 Å². The van der Waals surface area contributed by atoms with Crippen molar-refractivity contribution >= 4 is 22.7 Å². The average molecular weight is 544 g/mol. The molecule has 9 nitrogen and oxygen atoms in total. The average Bonchev–Trinajstić information content (AvgIpc) is 3.48. The second kappa shape index (κ2) is 10.7. The van der Waals surface area contributed by atoms with Gasteiger partial charge in [0.05, 0.1) is 30.1 Å². The van der Waals surface area contributed by atoms with E-state index in [2.05, 4.69) is 58.3 Å². The van der Waals surface area contributed by atoms with Crippen molar-refractivity contribution in [2.24, 2.45) is 5.41 Å². The summed E-state index contributed by atoms with van der Waals surface area (Å²) in [4.78, 5) is 22.3. The van der Waals surface area contributed by atoms with Crippen LogP contribution in [0.15, 0.2) is 48.9 Å². The molecule has 1 saturated heterocycles. The van der Waals surface area contributed by atoms with Gasteiger partial charge >= 0.3 is 6.09 Å². The number of rotatable bonds is 6. The fraction of sp³-hybridized carbons (Fsp3) is 0.484. The zero-order valence-corrected chi connectivity index (χ0v) is 24.8. The molecule has 0 spiro atoms. The molecule has 1 aromatic carbocycles. The van der Waals surface area contributed by atoms with Crippen LogP contribution in [-0.4, -0.2) is 68.3 Å². The third-order valence-corrected chi connectivity index (χ3v) is 7.54. The van der Waals surface area contributed by atoms with E-state index in [1.807, 2.05) is 62.9 Å². The fourth-order valence-electron chi connectivity index (χ4n) is 5.09. The molecule has 0 unspecified atom stereocenters. The van der Waals surface area contributed by atoms with E-state index in [-0.39, 0.29) is 6.09 Å². The quantitative estimate of drug-likeness (QED) is 0.303. The number of aromatic nitrogens is 5. The molecule has 212 valence electrons. The van der Waals surface area contributed by atoms with Crippen molar-refractivity contribution in [1.29, 1.82) is 0 Å². The second-order valence-electron chi connectivity index (χ2n) is 12.9. The SMILES string of the molecule is CN(C)c1cncc(-c2cn(Cc3ccc4cc(CN5CCC(C)(C)CC5)n(C(=O)OC(C)(C)C)c4c3)nn2)c1. The van der Waals surface area contributed by atoms with E-state index < -0.39 is 5.60 Å². The van der Waals surface area contributed by atoms with E-state index in [1.165, 1.54) is 0 Å². The molecule has 0 N–H and O–H groups in total. The van der Waals surface area contributed by atoms with Crippen molar-refractivity contribution in [3.8, 4) is 11.3 Å². The van der Waals surface area contributed by atoms with Crippen LogP contribution in [0.4, 0.5) is 10.5 Å². The Hall–Kier alpha value is -3.72. The zero-order chi connectivity index (χ0) is 28.7. The first-order chi connectivity index (χ1) is 18.9. The van der Waals surface area contributed by atoms with Gasteiger partial charge in [-0.15, -0.1) is 5.10 Å². The molecule has 0 saturated carbocycles. The van der Waals surface area contributed by atoms with Gasteiger partial charge in [-0.25, -0.2) is 14.0 Å². The molecule has 1 aliphatic rings. The highest BCUT2D eigenvalue weighted by Gasteiger charge is 2.28. The van der Waals surface area contributed by atoms with Gasteiger partial charge in [0.2, 0.25) is 0 Å². The molecule has 0 bridgehead atoms. The zero-order valence-electron chi connectivity index (χ0n) is 24.8. The molecule has 5 rings (SSSR count). The Labute approximate surface area is 236 Å². The molecule has 1 fully saturated rings. The third-order valence-electron chi connectivity index (χ3n) is 7.54. The lowest BCUT2D eigenvalue weighted by molar-refractivity contribution is 0.0531. The number of carbonyl (C=O) groups excluding carboxylic acids is 1. The predicted octanol–water partition coefficient (Wildman–Crippen LogP) is 5.81. The van der Waals surface area contributed by atoms with Crippen molar-refractivity contribution in [2.75, 3.05) is 32.1 Å². The molecule has 4 heterocycles. The van der Waals surface area contributed by atoms with Gasteiger partial charge in [0, 0.05) is 43.5 Å². The van der Waals surface area contributed by atoms with Crippen molar-refractivity contribution in [3.05, 3.63) is 60.2 Å². The number of fused-ring (bicyclic) bond motifs is 1. The molecule has 0 radical (unpaired) electrons. The fourth-order valence-corrected chi connectivity index (χ4v) is 5.09. The number of hydrogen-bond donors (Lipinski definition) is 0. The number of piperidine rings is 1. The molecule has 1 aliphatic heterocycles. The summed E-state index contributed by atoms with van der Waals surface area (Å²) in [5.74, 6) is 0. The summed E-state index contributed by atoms with van der Waals surface area (Å²) in [6.45, 7) is 13.7. The molecule has 0 atom stereocenters. The normalized spacial score (nSPS) is 15.9. The Morgan fingerprint density at radius 2 is 1.80 bits per heavy atom. The number of carbonyl (C=O) groups is 1. The van der Waals surface area contributed by atoms with Crippen LogP contribution in [0, 0.1) is 5.41 Å². The summed E-state index contributed by atoms with van der Waals surface area (Å²) in [5.41, 5.74) is 5.30. The summed E-state index contributed by atoms with van der Waals surface area (Å²) >= 11 is 0. The monoisotopic (exact) mass is 543 g/mol. The maximum absolute atomic E-state index is 13.5. The second-order valence-corrected chi connectivity index (χ2v) is 12.9. The highest BCUT2D eigenvalue weighted by atomic mass is 16.6. The topological polar surface area (TPSA) is 81.3 Å². The van der Waals surface area contributed by atoms with E-state index >= 15 is 0 Å². The Kier molecular flexibility index (Phi) is 7.44. The third kappa shape index (κ3) is 6.36. The van der Waals surface area contributed by atoms with Crippen LogP contribution in [0.5, 0.6) is 0 Å². The number of pyridine rings is 1. The van der Waals surface area contributed by atoms with Crippen LogP contribution in [-0.2, 0) is 17.8 Å². The maximum Gasteiger partial charge on any atom is 0.419 e. The standard InChI is InChI=1S/C31H41N7O2/c1-30(2,3)40-29(39)38-26(20-36-12-10-31(4,5)11-13-36)15-23-9-8-22(14-28(23)38)19-37-21-27(33-34-37)24-16-25(35(6)7)18-32-17-24/h8-9,14-18,21H,10-13,19-20H2,1-7H3. The highest BCUT2D eigenvalue weighted by Crippen LogP contribution is 2.31. The molecule has 0 aliphatic carbocycles. The van der Waals surface area contributed by atoms with Crippen LogP contribution in [0.3, 0.4) is 0 Å². The van der Waals surface area contributed by atoms with Gasteiger partial charge in [-0.3, -0.25) is 9.88 Å². The number of benzene rings is 1. The van der Waals surface area contributed by atoms with Gasteiger partial charge < -0.3 is 9.64 Å². The van der Waals surface area contributed by atoms with E-state index in [0.29, 0.717) is 18.5 Å². The van der Waals surface area contributed by atoms with Gasteiger partial charge in [-0.2, -0.15) is 0 Å². The Balaban J connectivity index is 1.43. The molecule has 9 heteroatoms. The first kappa shape index (κ1) is 27.8. The molecule has 3 aromatic heterocycles. The minimum absolute atomic E-state index is 0.344. The van der Waals surface area contributed by atoms with Crippen molar-refractivity contribution < 1.29 is 9.53 Å². The lowest BCUT2D eigenvalue weighted by Gasteiger charge is -2.37. The summed E-state index contributed by atoms with van der Waals surface area (Å²) in [7, 11) is 3.97. The van der Waals surface area contributed by atoms with Crippen molar-refractivity contribution in [3.63, 3.8) is 0 Å². The Bertz CT molecular complexity index is 1500. The molecule has 0 amide bonds. The van der Waals surface area contributed by atoms with Gasteiger partial charge in [0.15, 0.2) is 0 Å². The van der Waals surface area contributed by atoms with Crippen LogP contribution >= 0.6 is 0 Å². The number of anilines is 1. The van der Waals surface area contributed by atoms with Gasteiger partial charge in [0.1, 0.15) is 11.3 Å². The van der Waals surface area contributed by atoms with Crippen LogP contribution < -0.4 is 4.90 Å². The van der Waals surface area contributed by atoms with Crippen molar-refractivity contribution in [1.82, 2.24) is 29.4 Å². The van der Waals surface area contributed by atoms with Crippen molar-refractivity contribution in [2.45, 2.75) is 66.2 Å². The summed E-state index contributed by atoms with van der Waals surface area (Å²) in [5, 5.41) is 9.76. The lowest BCUT2D eigenvalue weighted by Crippen LogP contribution is -2.37. The molecule has 40 heavy (non-hydrogen) atoms. The minimum Gasteiger partial charge on any atom is -0.443 e. The maximum atomic E-state index is 13.5. The number of likely N-dealkylation sites (tertiary alicyclic amines) is 1. The van der Waals surface area contributed by atoms with Crippen LogP contribution in [0.1, 0.15) is 58.7 Å². The minimum atomic E-state index is -0.590. The Morgan fingerprint density at radius 3 is 2.50 bits per heavy atom. The number of nitrogens with zero attached hydrogens (tertiary/aromatic N) is 7. The first-order valence-electron chi connectivity index (χ1n) is 14.0. The van der Waals surface area contributed by atoms with Crippen LogP contribution in [0.2, 0.25) is 0 Å². The van der Waals surface area contributed by atoms with Gasteiger partial charge in [-0.1, -0.05) is 31.2 Å². The van der Waals surface area contributed by atoms with Crippen LogP contribution in [0.25, 0.3) is 22.2 Å². The van der Waals surface area contributed by atoms with E-state index in [0.717, 1.165) is 65.0 Å². The predicted molar refractivity (Wildman–Crippen MR) is 159 cm³/mol. The smallest absolute Gasteiger partial charge is 0.419 e. The lowest BCUT2D eigenvalue weighted by atomic mass is 9.83. The molecule has 4 aromatic rings. The van der Waals surface area contributed by atoms with E-state index in [1.54, 1.807) is 10.8 Å². The van der Waals surface area contributed by atoms with Gasteiger partial charge in [-0.05, 0) is 75.9 Å². The van der Waals surface area contributed by atoms with E-state index in [4.69, 9.17) is 4.74 Å². The Morgan fingerprint density at radius 1 is 1.05 bits per heavy atom.